The molecule has 0 aliphatic heterocycles. The molecule has 4 atom stereocenters. The third kappa shape index (κ3) is 13.0. The highest BCUT2D eigenvalue weighted by Crippen LogP contribution is 2.32. The number of ether oxygens (including phenoxy) is 1. The van der Waals surface area contributed by atoms with Crippen LogP contribution in [0.1, 0.15) is 77.0 Å². The van der Waals surface area contributed by atoms with E-state index in [1.807, 2.05) is 105 Å². The maximum Gasteiger partial charge on any atom is 0.407 e. The second-order valence-electron chi connectivity index (χ2n) is 13.9. The third-order valence-electron chi connectivity index (χ3n) is 8.06. The number of carbonyl (C=O) groups excluding carboxylic acids is 4. The van der Waals surface area contributed by atoms with Crippen LogP contribution in [-0.2, 0) is 37.6 Å². The molecule has 0 radical (unpaired) electrons. The zero-order valence-corrected chi connectivity index (χ0v) is 29.3. The second-order valence-corrected chi connectivity index (χ2v) is 13.9. The van der Waals surface area contributed by atoms with Gasteiger partial charge in [-0.3, -0.25) is 14.4 Å². The van der Waals surface area contributed by atoms with Crippen LogP contribution in [0.15, 0.2) is 91.0 Å². The molecule has 10 nitrogen and oxygen atoms in total. The van der Waals surface area contributed by atoms with E-state index in [1.54, 1.807) is 20.8 Å². The van der Waals surface area contributed by atoms with E-state index < -0.39 is 47.2 Å². The van der Waals surface area contributed by atoms with Gasteiger partial charge in [-0.05, 0) is 62.6 Å². The Kier molecular flexibility index (Phi) is 14.4. The molecule has 3 aromatic carbocycles. The van der Waals surface area contributed by atoms with Crippen molar-refractivity contribution in [3.8, 4) is 0 Å². The van der Waals surface area contributed by atoms with Gasteiger partial charge in [0, 0.05) is 19.3 Å². The standard InChI is InChI=1S/C39H52N4O6/c1-27(2)24-32(36(46)42-31(35(40)45)25-28-16-9-6-10-17-28)41-34(44)23-15-22-33(43-37(47)49-38(3,4)5)39(48,30-20-13-8-14-21-30)26-29-18-11-7-12-19-29/h6-14,16-21,27,31-33,48H,15,22-26H2,1-5H3,(H2,40,45)(H,41,44)(H,42,46)(H,43,47)/t31-,32-,33-,39?/m0/s1. The fraction of sp³-hybridized carbons (Fsp3) is 0.436. The molecule has 0 aliphatic rings. The molecule has 264 valence electrons. The first-order chi connectivity index (χ1) is 23.2. The first-order valence-electron chi connectivity index (χ1n) is 16.9. The topological polar surface area (TPSA) is 160 Å². The van der Waals surface area contributed by atoms with Crippen molar-refractivity contribution < 1.29 is 29.0 Å². The van der Waals surface area contributed by atoms with Gasteiger partial charge in [-0.1, -0.05) is 105 Å². The van der Waals surface area contributed by atoms with Crippen molar-refractivity contribution in [2.45, 2.75) is 102 Å². The Hall–Kier alpha value is -4.70. The highest BCUT2D eigenvalue weighted by molar-refractivity contribution is 5.91. The van der Waals surface area contributed by atoms with Crippen molar-refractivity contribution in [1.82, 2.24) is 16.0 Å². The van der Waals surface area contributed by atoms with Crippen molar-refractivity contribution in [2.24, 2.45) is 11.7 Å². The van der Waals surface area contributed by atoms with Crippen molar-refractivity contribution in [3.05, 3.63) is 108 Å². The van der Waals surface area contributed by atoms with E-state index >= 15 is 0 Å². The fourth-order valence-electron chi connectivity index (χ4n) is 5.72. The number of nitrogens with two attached hydrogens (primary N) is 1. The number of amides is 4. The number of carbonyl (C=O) groups is 4. The van der Waals surface area contributed by atoms with E-state index in [0.717, 1.165) is 11.1 Å². The Labute approximate surface area is 290 Å². The van der Waals surface area contributed by atoms with Crippen LogP contribution in [0, 0.1) is 5.92 Å². The Morgan fingerprint density at radius 1 is 0.776 bits per heavy atom. The van der Waals surface area contributed by atoms with E-state index in [9.17, 15) is 24.3 Å². The molecular formula is C39H52N4O6. The number of nitrogens with one attached hydrogen (secondary N) is 3. The lowest BCUT2D eigenvalue weighted by Gasteiger charge is -2.38. The zero-order chi connectivity index (χ0) is 36.0. The summed E-state index contributed by atoms with van der Waals surface area (Å²) in [5.74, 6) is -1.47. The average Bonchev–Trinajstić information content (AvgIpc) is 3.04. The smallest absolute Gasteiger partial charge is 0.407 e. The summed E-state index contributed by atoms with van der Waals surface area (Å²) in [5.41, 5.74) is 5.63. The number of aliphatic hydroxyl groups is 1. The molecule has 1 unspecified atom stereocenters. The third-order valence-corrected chi connectivity index (χ3v) is 8.06. The zero-order valence-electron chi connectivity index (χ0n) is 29.3. The quantitative estimate of drug-likeness (QED) is 0.137. The summed E-state index contributed by atoms with van der Waals surface area (Å²) in [5, 5.41) is 20.9. The summed E-state index contributed by atoms with van der Waals surface area (Å²) in [6, 6.07) is 25.2. The molecule has 0 bridgehead atoms. The van der Waals surface area contributed by atoms with Crippen LogP contribution < -0.4 is 21.7 Å². The van der Waals surface area contributed by atoms with Gasteiger partial charge in [-0.15, -0.1) is 0 Å². The predicted molar refractivity (Wildman–Crippen MR) is 190 cm³/mol. The predicted octanol–water partition coefficient (Wildman–Crippen LogP) is 4.92. The van der Waals surface area contributed by atoms with Crippen molar-refractivity contribution >= 4 is 23.8 Å². The van der Waals surface area contributed by atoms with Crippen LogP contribution in [-0.4, -0.2) is 52.6 Å². The summed E-state index contributed by atoms with van der Waals surface area (Å²) in [4.78, 5) is 52.0. The van der Waals surface area contributed by atoms with Crippen LogP contribution in [0.4, 0.5) is 4.79 Å². The maximum atomic E-state index is 13.4. The summed E-state index contributed by atoms with van der Waals surface area (Å²) in [6.45, 7) is 9.15. The average molecular weight is 673 g/mol. The minimum absolute atomic E-state index is 0.0217. The lowest BCUT2D eigenvalue weighted by Crippen LogP contribution is -2.54. The SMILES string of the molecule is CC(C)C[C@H](NC(=O)CCC[C@H](NC(=O)OC(C)(C)C)C(O)(Cc1ccccc1)c1ccccc1)C(=O)N[C@@H](Cc1ccccc1)C(N)=O. The molecule has 49 heavy (non-hydrogen) atoms. The molecule has 0 heterocycles. The molecule has 6 N–H and O–H groups in total. The van der Waals surface area contributed by atoms with E-state index in [1.165, 1.54) is 0 Å². The van der Waals surface area contributed by atoms with Crippen LogP contribution in [0.3, 0.4) is 0 Å². The second kappa shape index (κ2) is 18.2. The summed E-state index contributed by atoms with van der Waals surface area (Å²) in [6.07, 6.45) is 0.624. The molecule has 0 aromatic heterocycles. The van der Waals surface area contributed by atoms with E-state index in [4.69, 9.17) is 10.5 Å². The van der Waals surface area contributed by atoms with Gasteiger partial charge in [0.1, 0.15) is 23.3 Å². The first-order valence-corrected chi connectivity index (χ1v) is 16.9. The van der Waals surface area contributed by atoms with Gasteiger partial charge < -0.3 is 31.5 Å². The van der Waals surface area contributed by atoms with Gasteiger partial charge in [-0.25, -0.2) is 4.79 Å². The summed E-state index contributed by atoms with van der Waals surface area (Å²) < 4.78 is 5.56. The molecule has 0 spiro atoms. The van der Waals surface area contributed by atoms with Gasteiger partial charge >= 0.3 is 6.09 Å². The van der Waals surface area contributed by atoms with E-state index in [0.29, 0.717) is 12.0 Å². The molecule has 3 aromatic rings. The van der Waals surface area contributed by atoms with Gasteiger partial charge in [-0.2, -0.15) is 0 Å². The first kappa shape index (κ1) is 38.7. The monoisotopic (exact) mass is 672 g/mol. The molecule has 0 aliphatic carbocycles. The number of alkyl carbamates (subject to hydrolysis) is 1. The molecule has 0 fully saturated rings. The number of benzene rings is 3. The Balaban J connectivity index is 1.77. The molecule has 0 saturated carbocycles. The number of primary amides is 1. The molecular weight excluding hydrogens is 620 g/mol. The van der Waals surface area contributed by atoms with Gasteiger partial charge in [0.05, 0.1) is 6.04 Å². The lowest BCUT2D eigenvalue weighted by molar-refractivity contribution is -0.131. The maximum absolute atomic E-state index is 13.4. The van der Waals surface area contributed by atoms with Crippen molar-refractivity contribution in [3.63, 3.8) is 0 Å². The minimum Gasteiger partial charge on any atom is -0.444 e. The van der Waals surface area contributed by atoms with Gasteiger partial charge in [0.2, 0.25) is 17.7 Å². The molecule has 4 amide bonds. The highest BCUT2D eigenvalue weighted by Gasteiger charge is 2.40. The highest BCUT2D eigenvalue weighted by atomic mass is 16.6. The molecule has 10 heteroatoms. The van der Waals surface area contributed by atoms with Crippen LogP contribution >= 0.6 is 0 Å². The fourth-order valence-corrected chi connectivity index (χ4v) is 5.72. The largest absolute Gasteiger partial charge is 0.444 e. The van der Waals surface area contributed by atoms with Crippen LogP contribution in [0.5, 0.6) is 0 Å². The summed E-state index contributed by atoms with van der Waals surface area (Å²) in [7, 11) is 0. The van der Waals surface area contributed by atoms with Crippen LogP contribution in [0.2, 0.25) is 0 Å². The van der Waals surface area contributed by atoms with E-state index in [2.05, 4.69) is 16.0 Å². The lowest BCUT2D eigenvalue weighted by atomic mass is 9.79. The normalized spacial score (nSPS) is 14.5. The van der Waals surface area contributed by atoms with Gasteiger partial charge in [0.15, 0.2) is 0 Å². The Bertz CT molecular complexity index is 1490. The van der Waals surface area contributed by atoms with Crippen LogP contribution in [0.25, 0.3) is 0 Å². The van der Waals surface area contributed by atoms with Crippen molar-refractivity contribution in [1.29, 1.82) is 0 Å². The van der Waals surface area contributed by atoms with E-state index in [-0.39, 0.29) is 43.9 Å². The summed E-state index contributed by atoms with van der Waals surface area (Å²) >= 11 is 0. The molecule has 3 rings (SSSR count). The van der Waals surface area contributed by atoms with Crippen molar-refractivity contribution in [2.75, 3.05) is 0 Å². The van der Waals surface area contributed by atoms with Gasteiger partial charge in [0.25, 0.3) is 0 Å². The molecule has 0 saturated heterocycles. The minimum atomic E-state index is -1.54. The number of hydrogen-bond acceptors (Lipinski definition) is 6. The number of hydrogen-bond donors (Lipinski definition) is 5. The Morgan fingerprint density at radius 3 is 1.86 bits per heavy atom. The Morgan fingerprint density at radius 2 is 1.33 bits per heavy atom. The number of rotatable bonds is 17.